The molecule has 2 N–H and O–H groups in total. The molecule has 0 spiro atoms. The van der Waals surface area contributed by atoms with Gasteiger partial charge in [0, 0.05) is 11.4 Å². The predicted molar refractivity (Wildman–Crippen MR) is 97.3 cm³/mol. The van der Waals surface area contributed by atoms with Crippen LogP contribution in [0.2, 0.25) is 0 Å². The number of aromatic nitrogens is 2. The zero-order chi connectivity index (χ0) is 17.5. The van der Waals surface area contributed by atoms with Gasteiger partial charge in [0.05, 0.1) is 19.0 Å². The summed E-state index contributed by atoms with van der Waals surface area (Å²) in [5.41, 5.74) is 1.83. The molecule has 0 radical (unpaired) electrons. The van der Waals surface area contributed by atoms with Crippen LogP contribution >= 0.6 is 0 Å². The topological polar surface area (TPSA) is 76.1 Å². The Morgan fingerprint density at radius 1 is 0.960 bits per heavy atom. The van der Waals surface area contributed by atoms with E-state index in [0.29, 0.717) is 18.1 Å². The average Bonchev–Trinajstić information content (AvgIpc) is 2.65. The van der Waals surface area contributed by atoms with Gasteiger partial charge in [0.25, 0.3) is 5.91 Å². The van der Waals surface area contributed by atoms with Crippen molar-refractivity contribution in [3.8, 4) is 5.75 Å². The van der Waals surface area contributed by atoms with E-state index in [1.807, 2.05) is 61.5 Å². The summed E-state index contributed by atoms with van der Waals surface area (Å²) < 4.78 is 5.40. The van der Waals surface area contributed by atoms with Crippen molar-refractivity contribution in [1.29, 1.82) is 0 Å². The SMILES string of the molecule is CCOc1ccc(Nc2cnc(C(=O)Nc3ccccc3)cn2)cc1. The average molecular weight is 334 g/mol. The molecule has 1 amide bonds. The van der Waals surface area contributed by atoms with Gasteiger partial charge >= 0.3 is 0 Å². The highest BCUT2D eigenvalue weighted by Crippen LogP contribution is 2.18. The molecule has 0 bridgehead atoms. The van der Waals surface area contributed by atoms with E-state index in [4.69, 9.17) is 4.74 Å². The molecular weight excluding hydrogens is 316 g/mol. The van der Waals surface area contributed by atoms with E-state index >= 15 is 0 Å². The van der Waals surface area contributed by atoms with Crippen LogP contribution in [0.25, 0.3) is 0 Å². The number of amides is 1. The summed E-state index contributed by atoms with van der Waals surface area (Å²) in [5.74, 6) is 1.07. The molecule has 6 heteroatoms. The summed E-state index contributed by atoms with van der Waals surface area (Å²) in [6.45, 7) is 2.57. The molecule has 0 saturated heterocycles. The first-order chi connectivity index (χ1) is 12.2. The van der Waals surface area contributed by atoms with Crippen LogP contribution in [0.15, 0.2) is 67.0 Å². The lowest BCUT2D eigenvalue weighted by Gasteiger charge is -2.08. The van der Waals surface area contributed by atoms with Gasteiger partial charge in [0.1, 0.15) is 17.3 Å². The van der Waals surface area contributed by atoms with Gasteiger partial charge in [-0.25, -0.2) is 9.97 Å². The van der Waals surface area contributed by atoms with Crippen LogP contribution < -0.4 is 15.4 Å². The number of rotatable bonds is 6. The van der Waals surface area contributed by atoms with E-state index in [9.17, 15) is 4.79 Å². The Balaban J connectivity index is 1.62. The molecule has 0 atom stereocenters. The molecule has 0 aliphatic carbocycles. The van der Waals surface area contributed by atoms with Crippen molar-refractivity contribution >= 4 is 23.1 Å². The third-order valence-corrected chi connectivity index (χ3v) is 3.35. The fourth-order valence-corrected chi connectivity index (χ4v) is 2.18. The monoisotopic (exact) mass is 334 g/mol. The molecule has 25 heavy (non-hydrogen) atoms. The smallest absolute Gasteiger partial charge is 0.275 e. The number of carbonyl (C=O) groups excluding carboxylic acids is 1. The van der Waals surface area contributed by atoms with Crippen LogP contribution in [-0.4, -0.2) is 22.5 Å². The molecule has 0 aliphatic rings. The summed E-state index contributed by atoms with van der Waals surface area (Å²) in [4.78, 5) is 20.5. The van der Waals surface area contributed by atoms with Crippen LogP contribution in [0.3, 0.4) is 0 Å². The number of hydrogen-bond donors (Lipinski definition) is 2. The minimum absolute atomic E-state index is 0.251. The third kappa shape index (κ3) is 4.54. The second kappa shape index (κ2) is 7.92. The highest BCUT2D eigenvalue weighted by atomic mass is 16.5. The zero-order valence-corrected chi connectivity index (χ0v) is 13.8. The van der Waals surface area contributed by atoms with E-state index in [2.05, 4.69) is 20.6 Å². The maximum atomic E-state index is 12.1. The maximum absolute atomic E-state index is 12.1. The number of benzene rings is 2. The second-order valence-corrected chi connectivity index (χ2v) is 5.19. The van der Waals surface area contributed by atoms with Gasteiger partial charge in [0.15, 0.2) is 0 Å². The van der Waals surface area contributed by atoms with Crippen molar-refractivity contribution in [2.45, 2.75) is 6.92 Å². The Morgan fingerprint density at radius 2 is 1.72 bits per heavy atom. The summed E-state index contributed by atoms with van der Waals surface area (Å²) in [6.07, 6.45) is 2.96. The summed E-state index contributed by atoms with van der Waals surface area (Å²) in [5, 5.41) is 5.90. The van der Waals surface area contributed by atoms with E-state index < -0.39 is 0 Å². The van der Waals surface area contributed by atoms with Gasteiger partial charge in [-0.3, -0.25) is 4.79 Å². The molecule has 0 unspecified atom stereocenters. The first kappa shape index (κ1) is 16.4. The molecule has 3 aromatic rings. The number of nitrogens with zero attached hydrogens (tertiary/aromatic N) is 2. The molecule has 1 heterocycles. The minimum atomic E-state index is -0.300. The largest absolute Gasteiger partial charge is 0.494 e. The van der Waals surface area contributed by atoms with Crippen molar-refractivity contribution in [3.63, 3.8) is 0 Å². The first-order valence-corrected chi connectivity index (χ1v) is 7.93. The summed E-state index contributed by atoms with van der Waals surface area (Å²) in [7, 11) is 0. The van der Waals surface area contributed by atoms with E-state index in [0.717, 1.165) is 11.4 Å². The lowest BCUT2D eigenvalue weighted by atomic mass is 10.3. The zero-order valence-electron chi connectivity index (χ0n) is 13.8. The van der Waals surface area contributed by atoms with E-state index in [1.54, 1.807) is 0 Å². The van der Waals surface area contributed by atoms with Crippen LogP contribution in [0.4, 0.5) is 17.2 Å². The van der Waals surface area contributed by atoms with Crippen LogP contribution in [0.5, 0.6) is 5.75 Å². The standard InChI is InChI=1S/C19H18N4O2/c1-2-25-16-10-8-15(9-11-16)22-18-13-20-17(12-21-18)19(24)23-14-6-4-3-5-7-14/h3-13H,2H2,1H3,(H,21,22)(H,23,24). The van der Waals surface area contributed by atoms with Gasteiger partial charge < -0.3 is 15.4 Å². The number of para-hydroxylation sites is 1. The van der Waals surface area contributed by atoms with Crippen molar-refractivity contribution in [2.24, 2.45) is 0 Å². The van der Waals surface area contributed by atoms with Gasteiger partial charge in [-0.15, -0.1) is 0 Å². The predicted octanol–water partition coefficient (Wildman–Crippen LogP) is 3.87. The lowest BCUT2D eigenvalue weighted by Crippen LogP contribution is -2.14. The fourth-order valence-electron chi connectivity index (χ4n) is 2.18. The Morgan fingerprint density at radius 3 is 2.36 bits per heavy atom. The van der Waals surface area contributed by atoms with Gasteiger partial charge in [-0.05, 0) is 43.3 Å². The second-order valence-electron chi connectivity index (χ2n) is 5.19. The lowest BCUT2D eigenvalue weighted by molar-refractivity contribution is 0.102. The molecule has 0 fully saturated rings. The molecule has 1 aromatic heterocycles. The number of nitrogens with one attached hydrogen (secondary N) is 2. The molecule has 3 rings (SSSR count). The Kier molecular flexibility index (Phi) is 5.21. The Labute approximate surface area is 145 Å². The van der Waals surface area contributed by atoms with E-state index in [1.165, 1.54) is 12.4 Å². The van der Waals surface area contributed by atoms with Crippen molar-refractivity contribution < 1.29 is 9.53 Å². The summed E-state index contributed by atoms with van der Waals surface area (Å²) >= 11 is 0. The van der Waals surface area contributed by atoms with Crippen LogP contribution in [-0.2, 0) is 0 Å². The number of carbonyl (C=O) groups is 1. The first-order valence-electron chi connectivity index (χ1n) is 7.93. The number of hydrogen-bond acceptors (Lipinski definition) is 5. The fraction of sp³-hybridized carbons (Fsp3) is 0.105. The third-order valence-electron chi connectivity index (χ3n) is 3.35. The highest BCUT2D eigenvalue weighted by Gasteiger charge is 2.08. The number of anilines is 3. The van der Waals surface area contributed by atoms with Crippen molar-refractivity contribution in [3.05, 3.63) is 72.7 Å². The molecule has 2 aromatic carbocycles. The molecular formula is C19H18N4O2. The highest BCUT2D eigenvalue weighted by molar-refractivity contribution is 6.02. The van der Waals surface area contributed by atoms with Gasteiger partial charge in [-0.2, -0.15) is 0 Å². The minimum Gasteiger partial charge on any atom is -0.494 e. The molecule has 0 saturated carbocycles. The maximum Gasteiger partial charge on any atom is 0.275 e. The molecule has 6 nitrogen and oxygen atoms in total. The quantitative estimate of drug-likeness (QED) is 0.715. The molecule has 0 aliphatic heterocycles. The Hall–Kier alpha value is -3.41. The summed E-state index contributed by atoms with van der Waals surface area (Å²) in [6, 6.07) is 16.8. The van der Waals surface area contributed by atoms with Crippen LogP contribution in [0, 0.1) is 0 Å². The molecule has 126 valence electrons. The van der Waals surface area contributed by atoms with Gasteiger partial charge in [-0.1, -0.05) is 18.2 Å². The van der Waals surface area contributed by atoms with E-state index in [-0.39, 0.29) is 11.6 Å². The van der Waals surface area contributed by atoms with Crippen molar-refractivity contribution in [2.75, 3.05) is 17.2 Å². The Bertz CT molecular complexity index is 818. The van der Waals surface area contributed by atoms with Gasteiger partial charge in [0.2, 0.25) is 0 Å². The van der Waals surface area contributed by atoms with Crippen molar-refractivity contribution in [1.82, 2.24) is 9.97 Å². The van der Waals surface area contributed by atoms with Crippen LogP contribution in [0.1, 0.15) is 17.4 Å². The number of ether oxygens (including phenoxy) is 1. The normalized spacial score (nSPS) is 10.1.